The molecule has 0 radical (unpaired) electrons. The minimum Gasteiger partial charge on any atom is -0.211 e. The van der Waals surface area contributed by atoms with Gasteiger partial charge in [0.25, 0.3) is 0 Å². The van der Waals surface area contributed by atoms with Crippen LogP contribution in [0.4, 0.5) is 0 Å². The third kappa shape index (κ3) is 3.07. The lowest BCUT2D eigenvalue weighted by atomic mass is 10.4. The second-order valence-corrected chi connectivity index (χ2v) is 6.13. The van der Waals surface area contributed by atoms with Crippen LogP contribution in [0.2, 0.25) is 10.0 Å². The van der Waals surface area contributed by atoms with Gasteiger partial charge in [-0.2, -0.15) is 0 Å². The molecule has 0 unspecified atom stereocenters. The van der Waals surface area contributed by atoms with Crippen LogP contribution in [-0.2, 0) is 10.0 Å². The van der Waals surface area contributed by atoms with E-state index >= 15 is 0 Å². The first-order chi connectivity index (χ1) is 6.88. The van der Waals surface area contributed by atoms with E-state index in [1.54, 1.807) is 6.92 Å². The molecule has 0 fully saturated rings. The molecule has 0 atom stereocenters. The standard InChI is InChI=1S/C8H8BrCl2NO2S/c1-2-12-15(13,14)8-6(10)3-5(9)4-7(8)11/h3-4,12H,2H2,1H3. The molecule has 1 aromatic rings. The van der Waals surface area contributed by atoms with E-state index in [2.05, 4.69) is 20.7 Å². The molecule has 0 aliphatic heterocycles. The highest BCUT2D eigenvalue weighted by Crippen LogP contribution is 2.32. The second-order valence-electron chi connectivity index (χ2n) is 2.70. The maximum Gasteiger partial charge on any atom is 0.243 e. The third-order valence-electron chi connectivity index (χ3n) is 1.57. The topological polar surface area (TPSA) is 46.2 Å². The Morgan fingerprint density at radius 1 is 1.33 bits per heavy atom. The van der Waals surface area contributed by atoms with Gasteiger partial charge in [0, 0.05) is 11.0 Å². The molecule has 0 amide bonds. The Balaban J connectivity index is 3.38. The van der Waals surface area contributed by atoms with Crippen molar-refractivity contribution >= 4 is 49.2 Å². The van der Waals surface area contributed by atoms with Crippen molar-refractivity contribution in [2.45, 2.75) is 11.8 Å². The van der Waals surface area contributed by atoms with Crippen LogP contribution in [-0.4, -0.2) is 15.0 Å². The zero-order valence-corrected chi connectivity index (χ0v) is 11.6. The number of halogens is 3. The number of sulfonamides is 1. The number of hydrogen-bond donors (Lipinski definition) is 1. The maximum atomic E-state index is 11.7. The van der Waals surface area contributed by atoms with Crippen LogP contribution < -0.4 is 4.72 Å². The Bertz CT molecular complexity index is 453. The van der Waals surface area contributed by atoms with Crippen LogP contribution in [0.15, 0.2) is 21.5 Å². The first-order valence-electron chi connectivity index (χ1n) is 4.02. The number of nitrogens with one attached hydrogen (secondary N) is 1. The number of rotatable bonds is 3. The molecular formula is C8H8BrCl2NO2S. The Morgan fingerprint density at radius 2 is 1.80 bits per heavy atom. The highest BCUT2D eigenvalue weighted by molar-refractivity contribution is 9.10. The second kappa shape index (κ2) is 5.01. The van der Waals surface area contributed by atoms with E-state index in [0.29, 0.717) is 4.47 Å². The molecule has 7 heteroatoms. The normalized spacial score (nSPS) is 11.7. The summed E-state index contributed by atoms with van der Waals surface area (Å²) in [6.45, 7) is 1.96. The van der Waals surface area contributed by atoms with Crippen molar-refractivity contribution in [2.75, 3.05) is 6.54 Å². The summed E-state index contributed by atoms with van der Waals surface area (Å²) >= 11 is 14.8. The Morgan fingerprint density at radius 3 is 2.20 bits per heavy atom. The summed E-state index contributed by atoms with van der Waals surface area (Å²) in [5.41, 5.74) is 0. The van der Waals surface area contributed by atoms with Gasteiger partial charge in [0.05, 0.1) is 10.0 Å². The summed E-state index contributed by atoms with van der Waals surface area (Å²) in [4.78, 5) is -0.0871. The average molecular weight is 333 g/mol. The summed E-state index contributed by atoms with van der Waals surface area (Å²) in [5.74, 6) is 0. The van der Waals surface area contributed by atoms with Gasteiger partial charge < -0.3 is 0 Å². The van der Waals surface area contributed by atoms with E-state index in [-0.39, 0.29) is 21.5 Å². The molecule has 1 rings (SSSR count). The largest absolute Gasteiger partial charge is 0.243 e. The van der Waals surface area contributed by atoms with Crippen molar-refractivity contribution in [3.05, 3.63) is 26.7 Å². The minimum absolute atomic E-state index is 0.0871. The molecule has 1 aromatic carbocycles. The summed E-state index contributed by atoms with van der Waals surface area (Å²) in [7, 11) is -3.62. The molecule has 0 spiro atoms. The Hall–Kier alpha value is 0.190. The van der Waals surface area contributed by atoms with Gasteiger partial charge >= 0.3 is 0 Å². The summed E-state index contributed by atoms with van der Waals surface area (Å²) < 4.78 is 26.3. The van der Waals surface area contributed by atoms with Gasteiger partial charge in [-0.25, -0.2) is 13.1 Å². The van der Waals surface area contributed by atoms with Crippen LogP contribution in [0.5, 0.6) is 0 Å². The lowest BCUT2D eigenvalue weighted by molar-refractivity contribution is 0.584. The maximum absolute atomic E-state index is 11.7. The van der Waals surface area contributed by atoms with Crippen LogP contribution in [0, 0.1) is 0 Å². The van der Waals surface area contributed by atoms with Crippen LogP contribution in [0.1, 0.15) is 6.92 Å². The molecule has 0 aliphatic carbocycles. The van der Waals surface area contributed by atoms with E-state index < -0.39 is 10.0 Å². The minimum atomic E-state index is -3.62. The van der Waals surface area contributed by atoms with Gasteiger partial charge in [-0.15, -0.1) is 0 Å². The fraction of sp³-hybridized carbons (Fsp3) is 0.250. The fourth-order valence-corrected chi connectivity index (χ4v) is 4.02. The van der Waals surface area contributed by atoms with Gasteiger partial charge in [-0.05, 0) is 12.1 Å². The zero-order valence-electron chi connectivity index (χ0n) is 7.72. The van der Waals surface area contributed by atoms with Crippen molar-refractivity contribution in [3.63, 3.8) is 0 Å². The summed E-state index contributed by atoms with van der Waals surface area (Å²) in [5, 5.41) is 0.186. The van der Waals surface area contributed by atoms with Crippen molar-refractivity contribution in [1.82, 2.24) is 4.72 Å². The molecule has 0 saturated heterocycles. The molecule has 0 aromatic heterocycles. The van der Waals surface area contributed by atoms with E-state index in [0.717, 1.165) is 0 Å². The highest BCUT2D eigenvalue weighted by atomic mass is 79.9. The first kappa shape index (κ1) is 13.3. The van der Waals surface area contributed by atoms with Crippen molar-refractivity contribution in [2.24, 2.45) is 0 Å². The fourth-order valence-electron chi connectivity index (χ4n) is 1.05. The highest BCUT2D eigenvalue weighted by Gasteiger charge is 2.21. The Labute approximate surface area is 107 Å². The van der Waals surface area contributed by atoms with Gasteiger partial charge in [-0.3, -0.25) is 0 Å². The quantitative estimate of drug-likeness (QED) is 0.924. The average Bonchev–Trinajstić information content (AvgIpc) is 1.99. The molecule has 1 N–H and O–H groups in total. The SMILES string of the molecule is CCNS(=O)(=O)c1c(Cl)cc(Br)cc1Cl. The van der Waals surface area contributed by atoms with E-state index in [9.17, 15) is 8.42 Å². The van der Waals surface area contributed by atoms with Gasteiger partial charge in [0.15, 0.2) is 0 Å². The van der Waals surface area contributed by atoms with Crippen molar-refractivity contribution in [1.29, 1.82) is 0 Å². The predicted molar refractivity (Wildman–Crippen MR) is 65.0 cm³/mol. The molecule has 0 aliphatic rings. The molecular weight excluding hydrogens is 325 g/mol. The third-order valence-corrected chi connectivity index (χ3v) is 4.49. The Kier molecular flexibility index (Phi) is 4.43. The summed E-state index contributed by atoms with van der Waals surface area (Å²) in [6, 6.07) is 2.97. The molecule has 0 bridgehead atoms. The van der Waals surface area contributed by atoms with Gasteiger partial charge in [-0.1, -0.05) is 46.1 Å². The van der Waals surface area contributed by atoms with Gasteiger partial charge in [0.2, 0.25) is 10.0 Å². The van der Waals surface area contributed by atoms with Crippen LogP contribution in [0.25, 0.3) is 0 Å². The van der Waals surface area contributed by atoms with E-state index in [4.69, 9.17) is 23.2 Å². The van der Waals surface area contributed by atoms with Gasteiger partial charge in [0.1, 0.15) is 4.90 Å². The molecule has 3 nitrogen and oxygen atoms in total. The first-order valence-corrected chi connectivity index (χ1v) is 7.06. The van der Waals surface area contributed by atoms with Crippen LogP contribution in [0.3, 0.4) is 0 Å². The molecule has 0 heterocycles. The molecule has 0 saturated carbocycles. The van der Waals surface area contributed by atoms with E-state index in [1.165, 1.54) is 12.1 Å². The van der Waals surface area contributed by atoms with E-state index in [1.807, 2.05) is 0 Å². The zero-order chi connectivity index (χ0) is 11.6. The predicted octanol–water partition coefficient (Wildman–Crippen LogP) is 3.05. The van der Waals surface area contributed by atoms with Crippen LogP contribution >= 0.6 is 39.1 Å². The lowest BCUT2D eigenvalue weighted by Crippen LogP contribution is -2.23. The summed E-state index contributed by atoms with van der Waals surface area (Å²) in [6.07, 6.45) is 0. The van der Waals surface area contributed by atoms with Crippen molar-refractivity contribution < 1.29 is 8.42 Å². The monoisotopic (exact) mass is 331 g/mol. The molecule has 84 valence electrons. The lowest BCUT2D eigenvalue weighted by Gasteiger charge is -2.08. The molecule has 15 heavy (non-hydrogen) atoms. The van der Waals surface area contributed by atoms with Crippen molar-refractivity contribution in [3.8, 4) is 0 Å². The number of hydrogen-bond acceptors (Lipinski definition) is 2. The smallest absolute Gasteiger partial charge is 0.211 e. The number of benzene rings is 1.